The molecule has 1 aliphatic rings. The number of carbonyl (C=O) groups is 3. The zero-order chi connectivity index (χ0) is 24.1. The molecule has 0 bridgehead atoms. The monoisotopic (exact) mass is 448 g/mol. The van der Waals surface area contributed by atoms with E-state index in [1.807, 2.05) is 13.8 Å². The molecule has 32 heavy (non-hydrogen) atoms. The third-order valence-electron chi connectivity index (χ3n) is 5.18. The van der Waals surface area contributed by atoms with Crippen molar-refractivity contribution in [1.29, 1.82) is 0 Å². The minimum absolute atomic E-state index is 0.0602. The predicted molar refractivity (Wildman–Crippen MR) is 120 cm³/mol. The molecule has 0 saturated carbocycles. The number of carbonyl (C=O) groups excluding carboxylic acids is 3. The number of alkyl carbamates (subject to hydrolysis) is 1. The van der Waals surface area contributed by atoms with Gasteiger partial charge in [0.15, 0.2) is 5.76 Å². The Morgan fingerprint density at radius 2 is 1.81 bits per heavy atom. The molecule has 1 aromatic rings. The summed E-state index contributed by atoms with van der Waals surface area (Å²) in [7, 11) is 0. The van der Waals surface area contributed by atoms with Crippen molar-refractivity contribution >= 4 is 17.8 Å². The van der Waals surface area contributed by atoms with Crippen LogP contribution in [0.1, 0.15) is 77.1 Å². The number of ketones is 1. The molecule has 2 amide bonds. The van der Waals surface area contributed by atoms with Crippen molar-refractivity contribution in [1.82, 2.24) is 10.6 Å². The second kappa shape index (κ2) is 10.8. The molecule has 2 rings (SSSR count). The Morgan fingerprint density at radius 3 is 2.31 bits per heavy atom. The summed E-state index contributed by atoms with van der Waals surface area (Å²) in [6, 6.07) is 2.19. The molecule has 0 saturated heterocycles. The molecular formula is C24H36N2O6. The molecule has 0 unspecified atom stereocenters. The van der Waals surface area contributed by atoms with Crippen LogP contribution < -0.4 is 10.6 Å². The van der Waals surface area contributed by atoms with Crippen molar-refractivity contribution in [3.63, 3.8) is 0 Å². The van der Waals surface area contributed by atoms with Gasteiger partial charge in [0.05, 0.1) is 24.3 Å². The Balaban J connectivity index is 2.40. The maximum atomic E-state index is 13.1. The molecule has 2 N–H and O–H groups in total. The molecule has 0 spiro atoms. The highest BCUT2D eigenvalue weighted by Gasteiger charge is 2.39. The maximum Gasteiger partial charge on any atom is 0.407 e. The zero-order valence-electron chi connectivity index (χ0n) is 20.1. The van der Waals surface area contributed by atoms with E-state index in [9.17, 15) is 14.4 Å². The lowest BCUT2D eigenvalue weighted by atomic mass is 9.85. The first-order chi connectivity index (χ1) is 14.9. The van der Waals surface area contributed by atoms with E-state index < -0.39 is 29.9 Å². The normalized spacial score (nSPS) is 21.1. The molecule has 3 atom stereocenters. The van der Waals surface area contributed by atoms with E-state index in [-0.39, 0.29) is 30.0 Å². The van der Waals surface area contributed by atoms with Gasteiger partial charge in [-0.1, -0.05) is 13.8 Å². The third kappa shape index (κ3) is 7.22. The Hall–Kier alpha value is -2.61. The van der Waals surface area contributed by atoms with Crippen molar-refractivity contribution < 1.29 is 28.3 Å². The van der Waals surface area contributed by atoms with Gasteiger partial charge in [-0.2, -0.15) is 0 Å². The van der Waals surface area contributed by atoms with E-state index in [1.165, 1.54) is 6.92 Å². The minimum atomic E-state index is -0.687. The van der Waals surface area contributed by atoms with Crippen LogP contribution >= 0.6 is 0 Å². The van der Waals surface area contributed by atoms with Crippen LogP contribution in [0.25, 0.3) is 0 Å². The van der Waals surface area contributed by atoms with Gasteiger partial charge in [-0.25, -0.2) is 4.79 Å². The Kier molecular flexibility index (Phi) is 8.66. The van der Waals surface area contributed by atoms with Crippen LogP contribution in [0, 0.1) is 6.92 Å². The highest BCUT2D eigenvalue weighted by atomic mass is 16.6. The number of nitrogens with one attached hydrogen (secondary N) is 2. The largest absolute Gasteiger partial charge is 0.458 e. The topological polar surface area (TPSA) is 107 Å². The van der Waals surface area contributed by atoms with Crippen molar-refractivity contribution in [2.45, 2.75) is 97.6 Å². The van der Waals surface area contributed by atoms with Crippen LogP contribution in [0.5, 0.6) is 0 Å². The number of ether oxygens (including phenoxy) is 2. The summed E-state index contributed by atoms with van der Waals surface area (Å²) in [4.78, 5) is 37.6. The highest BCUT2D eigenvalue weighted by molar-refractivity contribution is 6.07. The number of furan rings is 1. The predicted octanol–water partition coefficient (Wildman–Crippen LogP) is 4.07. The van der Waals surface area contributed by atoms with Crippen LogP contribution in [0.2, 0.25) is 0 Å². The Labute approximate surface area is 190 Å². The first-order valence-corrected chi connectivity index (χ1v) is 11.2. The molecule has 8 heteroatoms. The second-order valence-electron chi connectivity index (χ2n) is 9.15. The molecule has 8 nitrogen and oxygen atoms in total. The summed E-state index contributed by atoms with van der Waals surface area (Å²) in [6.45, 7) is 12.5. The second-order valence-corrected chi connectivity index (χ2v) is 9.15. The summed E-state index contributed by atoms with van der Waals surface area (Å²) in [6.07, 6.45) is 2.21. The third-order valence-corrected chi connectivity index (χ3v) is 5.18. The smallest absolute Gasteiger partial charge is 0.407 e. The van der Waals surface area contributed by atoms with E-state index in [0.29, 0.717) is 11.3 Å². The standard InChI is InChI=1S/C24H36N2O6/c1-8-17(9-2)31-20-13-16(22(28)19-11-10-14(3)30-19)12-18(21(20)25-15(4)27)26-23(29)32-24(5,6)7/h10-11,13,17-18,20-21H,8-9,12H2,1-7H3,(H,25,27)(H,26,29)/t18-,20+,21+/m0/s1. The fourth-order valence-corrected chi connectivity index (χ4v) is 3.69. The van der Waals surface area contributed by atoms with Crippen LogP contribution in [0.3, 0.4) is 0 Å². The van der Waals surface area contributed by atoms with E-state index in [1.54, 1.807) is 45.9 Å². The lowest BCUT2D eigenvalue weighted by Gasteiger charge is -2.38. The van der Waals surface area contributed by atoms with Crippen molar-refractivity contribution in [3.8, 4) is 0 Å². The van der Waals surface area contributed by atoms with Crippen LogP contribution in [-0.4, -0.2) is 47.7 Å². The summed E-state index contributed by atoms with van der Waals surface area (Å²) in [5, 5.41) is 5.73. The van der Waals surface area contributed by atoms with Gasteiger partial charge in [0.2, 0.25) is 11.7 Å². The summed E-state index contributed by atoms with van der Waals surface area (Å²) in [5.74, 6) is 0.334. The van der Waals surface area contributed by atoms with Crippen molar-refractivity contribution in [2.24, 2.45) is 0 Å². The van der Waals surface area contributed by atoms with Gasteiger partial charge in [0.25, 0.3) is 0 Å². The fourth-order valence-electron chi connectivity index (χ4n) is 3.69. The number of aryl methyl sites for hydroxylation is 1. The van der Waals surface area contributed by atoms with Gasteiger partial charge < -0.3 is 24.5 Å². The molecule has 0 aliphatic heterocycles. The molecular weight excluding hydrogens is 412 g/mol. The lowest BCUT2D eigenvalue weighted by molar-refractivity contribution is -0.121. The first-order valence-electron chi connectivity index (χ1n) is 11.2. The van der Waals surface area contributed by atoms with Gasteiger partial charge in [0.1, 0.15) is 11.4 Å². The number of hydrogen-bond donors (Lipinski definition) is 2. The summed E-state index contributed by atoms with van der Waals surface area (Å²) < 4.78 is 17.2. The number of rotatable bonds is 8. The molecule has 1 heterocycles. The average molecular weight is 449 g/mol. The van der Waals surface area contributed by atoms with E-state index >= 15 is 0 Å². The van der Waals surface area contributed by atoms with Gasteiger partial charge >= 0.3 is 6.09 Å². The average Bonchev–Trinajstić information content (AvgIpc) is 3.11. The quantitative estimate of drug-likeness (QED) is 0.581. The van der Waals surface area contributed by atoms with E-state index in [4.69, 9.17) is 13.9 Å². The van der Waals surface area contributed by atoms with Gasteiger partial charge in [0, 0.05) is 12.5 Å². The van der Waals surface area contributed by atoms with Crippen molar-refractivity contribution in [3.05, 3.63) is 35.3 Å². The molecule has 0 fully saturated rings. The Morgan fingerprint density at radius 1 is 1.16 bits per heavy atom. The van der Waals surface area contributed by atoms with Gasteiger partial charge in [-0.3, -0.25) is 9.59 Å². The van der Waals surface area contributed by atoms with Crippen LogP contribution in [0.15, 0.2) is 28.2 Å². The summed E-state index contributed by atoms with van der Waals surface area (Å²) >= 11 is 0. The highest BCUT2D eigenvalue weighted by Crippen LogP contribution is 2.27. The van der Waals surface area contributed by atoms with Gasteiger partial charge in [-0.05, 0) is 65.2 Å². The number of amides is 2. The Bertz CT molecular complexity index is 847. The lowest BCUT2D eigenvalue weighted by Crippen LogP contribution is -2.60. The molecule has 0 radical (unpaired) electrons. The van der Waals surface area contributed by atoms with E-state index in [2.05, 4.69) is 10.6 Å². The minimum Gasteiger partial charge on any atom is -0.458 e. The first kappa shape index (κ1) is 25.6. The SMILES string of the molecule is CCC(CC)O[C@@H]1C=C(C(=O)c2ccc(C)o2)C[C@H](NC(=O)OC(C)(C)C)[C@H]1NC(C)=O. The van der Waals surface area contributed by atoms with E-state index in [0.717, 1.165) is 12.8 Å². The van der Waals surface area contributed by atoms with Crippen molar-refractivity contribution in [2.75, 3.05) is 0 Å². The molecule has 1 aliphatic carbocycles. The van der Waals surface area contributed by atoms with Crippen LogP contribution in [0.4, 0.5) is 4.79 Å². The molecule has 178 valence electrons. The number of hydrogen-bond acceptors (Lipinski definition) is 6. The maximum absolute atomic E-state index is 13.1. The van der Waals surface area contributed by atoms with Crippen LogP contribution in [-0.2, 0) is 14.3 Å². The molecule has 1 aromatic heterocycles. The zero-order valence-corrected chi connectivity index (χ0v) is 20.1. The fraction of sp³-hybridized carbons (Fsp3) is 0.625. The number of Topliss-reactive ketones (excluding diaryl/α,β-unsaturated/α-hetero) is 1. The van der Waals surface area contributed by atoms with Gasteiger partial charge in [-0.15, -0.1) is 0 Å². The summed E-state index contributed by atoms with van der Waals surface area (Å²) in [5.41, 5.74) is -0.230. The molecule has 0 aromatic carbocycles.